The molecule has 0 aromatic heterocycles. The molecule has 2 aliphatic heterocycles. The smallest absolute Gasteiger partial charge is 0.338 e. The van der Waals surface area contributed by atoms with Crippen molar-refractivity contribution in [1.29, 1.82) is 0 Å². The van der Waals surface area contributed by atoms with E-state index in [-0.39, 0.29) is 0 Å². The molecule has 1 unspecified atom stereocenters. The third-order valence-corrected chi connectivity index (χ3v) is 4.57. The summed E-state index contributed by atoms with van der Waals surface area (Å²) in [5, 5.41) is 86.6. The number of carbonyl (C=O) groups is 1. The van der Waals surface area contributed by atoms with Gasteiger partial charge in [-0.1, -0.05) is 0 Å². The zero-order valence-electron chi connectivity index (χ0n) is 13.9. The number of hydrogen-bond acceptors (Lipinski definition) is 13. The Morgan fingerprint density at radius 2 is 1.41 bits per heavy atom. The molecule has 11 atom stereocenters. The summed E-state index contributed by atoms with van der Waals surface area (Å²) >= 11 is 0. The summed E-state index contributed by atoms with van der Waals surface area (Å²) in [7, 11) is 0. The van der Waals surface area contributed by atoms with Gasteiger partial charge in [0.15, 0.2) is 18.5 Å². The highest BCUT2D eigenvalue weighted by atomic mass is 16.7. The van der Waals surface area contributed by atoms with Gasteiger partial charge in [-0.05, 0) is 0 Å². The van der Waals surface area contributed by atoms with Crippen molar-refractivity contribution >= 4 is 5.97 Å². The first-order chi connectivity index (χ1) is 12.6. The Hall–Kier alpha value is -0.970. The zero-order valence-corrected chi connectivity index (χ0v) is 13.9. The molecule has 2 aliphatic rings. The normalized spacial score (nSPS) is 46.7. The van der Waals surface area contributed by atoms with Crippen molar-refractivity contribution < 1.29 is 65.0 Å². The van der Waals surface area contributed by atoms with E-state index in [9.17, 15) is 45.6 Å². The maximum absolute atomic E-state index is 12.2. The number of ether oxygens (including phenoxy) is 3. The fraction of sp³-hybridized carbons (Fsp3) is 0.929. The molecule has 0 saturated carbocycles. The summed E-state index contributed by atoms with van der Waals surface area (Å²) in [5.41, 5.74) is 0. The van der Waals surface area contributed by atoms with Crippen LogP contribution in [-0.2, 0) is 19.0 Å². The first kappa shape index (κ1) is 22.3. The number of aliphatic hydroxyl groups excluding tert-OH is 9. The zero-order chi connectivity index (χ0) is 20.5. The second-order valence-corrected chi connectivity index (χ2v) is 6.37. The Labute approximate surface area is 152 Å². The standard InChI is InChI=1S/C14H24O13/c15-1-3-5(17)6(18)7(19)12(25-3)10(22)14(24)27-11-4(2-16)26-13(23)9(21)8(11)20/h3-13,15-23H,1-2H2/t3-,4-,5+,6+,7-,8-,9-,10?,11-,12-,13-/m1/s1. The maximum Gasteiger partial charge on any atom is 0.338 e. The Bertz CT molecular complexity index is 499. The van der Waals surface area contributed by atoms with Gasteiger partial charge >= 0.3 is 5.97 Å². The van der Waals surface area contributed by atoms with Crippen LogP contribution in [0.2, 0.25) is 0 Å². The molecule has 0 amide bonds. The average Bonchev–Trinajstić information content (AvgIpc) is 2.66. The molecule has 2 rings (SSSR count). The van der Waals surface area contributed by atoms with E-state index < -0.39 is 86.5 Å². The Morgan fingerprint density at radius 3 is 1.96 bits per heavy atom. The van der Waals surface area contributed by atoms with Crippen molar-refractivity contribution in [2.24, 2.45) is 0 Å². The average molecular weight is 400 g/mol. The number of aliphatic hydroxyl groups is 9. The van der Waals surface area contributed by atoms with Crippen molar-refractivity contribution in [2.45, 2.75) is 67.3 Å². The van der Waals surface area contributed by atoms with Crippen LogP contribution in [0.1, 0.15) is 0 Å². The van der Waals surface area contributed by atoms with Gasteiger partial charge in [-0.25, -0.2) is 4.79 Å². The van der Waals surface area contributed by atoms with Crippen molar-refractivity contribution in [1.82, 2.24) is 0 Å². The molecule has 9 N–H and O–H groups in total. The van der Waals surface area contributed by atoms with Crippen LogP contribution in [-0.4, -0.2) is 132 Å². The van der Waals surface area contributed by atoms with Gasteiger partial charge in [0.25, 0.3) is 0 Å². The molecule has 0 aromatic carbocycles. The van der Waals surface area contributed by atoms with E-state index in [4.69, 9.17) is 19.3 Å². The Kier molecular flexibility index (Phi) is 7.46. The van der Waals surface area contributed by atoms with E-state index in [1.807, 2.05) is 0 Å². The molecule has 0 aromatic rings. The minimum Gasteiger partial charge on any atom is -0.455 e. The molecule has 2 heterocycles. The van der Waals surface area contributed by atoms with Gasteiger partial charge < -0.3 is 60.2 Å². The molecule has 158 valence electrons. The largest absolute Gasteiger partial charge is 0.455 e. The van der Waals surface area contributed by atoms with Crippen LogP contribution in [0.4, 0.5) is 0 Å². The molecular weight excluding hydrogens is 376 g/mol. The Morgan fingerprint density at radius 1 is 0.815 bits per heavy atom. The number of hydrogen-bond donors (Lipinski definition) is 9. The molecule has 27 heavy (non-hydrogen) atoms. The van der Waals surface area contributed by atoms with Crippen molar-refractivity contribution in [2.75, 3.05) is 13.2 Å². The predicted molar refractivity (Wildman–Crippen MR) is 79.6 cm³/mol. The maximum atomic E-state index is 12.2. The van der Waals surface area contributed by atoms with Gasteiger partial charge in [0.2, 0.25) is 0 Å². The first-order valence-electron chi connectivity index (χ1n) is 8.13. The van der Waals surface area contributed by atoms with E-state index in [1.165, 1.54) is 0 Å². The molecule has 0 spiro atoms. The van der Waals surface area contributed by atoms with E-state index in [0.717, 1.165) is 0 Å². The lowest BCUT2D eigenvalue weighted by Crippen LogP contribution is -2.64. The van der Waals surface area contributed by atoms with E-state index in [1.54, 1.807) is 0 Å². The topological polar surface area (TPSA) is 227 Å². The molecule has 0 bridgehead atoms. The highest BCUT2D eigenvalue weighted by Gasteiger charge is 2.50. The highest BCUT2D eigenvalue weighted by Crippen LogP contribution is 2.26. The lowest BCUT2D eigenvalue weighted by atomic mass is 9.92. The monoisotopic (exact) mass is 400 g/mol. The fourth-order valence-corrected chi connectivity index (χ4v) is 2.94. The van der Waals surface area contributed by atoms with Crippen LogP contribution in [0.3, 0.4) is 0 Å². The fourth-order valence-electron chi connectivity index (χ4n) is 2.94. The number of rotatable bonds is 5. The third kappa shape index (κ3) is 4.38. The quantitative estimate of drug-likeness (QED) is 0.196. The van der Waals surface area contributed by atoms with Crippen LogP contribution in [0.5, 0.6) is 0 Å². The summed E-state index contributed by atoms with van der Waals surface area (Å²) in [5.74, 6) is -1.48. The molecule has 13 heteroatoms. The summed E-state index contributed by atoms with van der Waals surface area (Å²) in [6, 6.07) is 0. The van der Waals surface area contributed by atoms with Crippen LogP contribution in [0, 0.1) is 0 Å². The van der Waals surface area contributed by atoms with Gasteiger partial charge in [-0.15, -0.1) is 0 Å². The Balaban J connectivity index is 2.09. The molecule has 0 radical (unpaired) electrons. The van der Waals surface area contributed by atoms with Crippen molar-refractivity contribution in [3.05, 3.63) is 0 Å². The SMILES string of the molecule is O=C(O[C@H]1[C@H](O)[C@@H](O)[C@H](O)O[C@@H]1CO)C(O)[C@@H]1O[C@H](CO)[C@H](O)[C@H](O)[C@H]1O. The summed E-state index contributed by atoms with van der Waals surface area (Å²) in [4.78, 5) is 12.2. The second kappa shape index (κ2) is 9.02. The molecule has 2 fully saturated rings. The van der Waals surface area contributed by atoms with E-state index in [0.29, 0.717) is 0 Å². The summed E-state index contributed by atoms with van der Waals surface area (Å²) in [6.07, 6.45) is -19.5. The van der Waals surface area contributed by atoms with Crippen LogP contribution < -0.4 is 0 Å². The number of carbonyl (C=O) groups excluding carboxylic acids is 1. The predicted octanol–water partition coefficient (Wildman–Crippen LogP) is -6.47. The molecule has 13 nitrogen and oxygen atoms in total. The van der Waals surface area contributed by atoms with E-state index >= 15 is 0 Å². The second-order valence-electron chi connectivity index (χ2n) is 6.37. The summed E-state index contributed by atoms with van der Waals surface area (Å²) in [6.45, 7) is -1.59. The lowest BCUT2D eigenvalue weighted by molar-refractivity contribution is -0.293. The summed E-state index contributed by atoms with van der Waals surface area (Å²) < 4.78 is 14.6. The molecular formula is C14H24O13. The van der Waals surface area contributed by atoms with Crippen LogP contribution in [0.15, 0.2) is 0 Å². The lowest BCUT2D eigenvalue weighted by Gasteiger charge is -2.42. The van der Waals surface area contributed by atoms with Crippen LogP contribution in [0.25, 0.3) is 0 Å². The van der Waals surface area contributed by atoms with E-state index in [2.05, 4.69) is 0 Å². The third-order valence-electron chi connectivity index (χ3n) is 4.57. The minimum atomic E-state index is -2.23. The molecule has 2 saturated heterocycles. The highest BCUT2D eigenvalue weighted by molar-refractivity contribution is 5.75. The van der Waals surface area contributed by atoms with Gasteiger partial charge in [-0.3, -0.25) is 0 Å². The number of esters is 1. The molecule has 0 aliphatic carbocycles. The van der Waals surface area contributed by atoms with Gasteiger partial charge in [-0.2, -0.15) is 0 Å². The van der Waals surface area contributed by atoms with Crippen LogP contribution >= 0.6 is 0 Å². The van der Waals surface area contributed by atoms with Crippen molar-refractivity contribution in [3.8, 4) is 0 Å². The first-order valence-corrected chi connectivity index (χ1v) is 8.13. The van der Waals surface area contributed by atoms with Gasteiger partial charge in [0.1, 0.15) is 48.8 Å². The van der Waals surface area contributed by atoms with Gasteiger partial charge in [0.05, 0.1) is 13.2 Å². The minimum absolute atomic E-state index is 0.783. The van der Waals surface area contributed by atoms with Gasteiger partial charge in [0, 0.05) is 0 Å². The van der Waals surface area contributed by atoms with Crippen molar-refractivity contribution in [3.63, 3.8) is 0 Å².